The fourth-order valence-corrected chi connectivity index (χ4v) is 11.1. The van der Waals surface area contributed by atoms with Crippen LogP contribution in [0.5, 0.6) is 5.75 Å². The van der Waals surface area contributed by atoms with E-state index in [1.54, 1.807) is 42.9 Å². The molecule has 2 N–H and O–H groups in total. The maximum Gasteiger partial charge on any atom is 0.434 e. The molecule has 1 saturated heterocycles. The molecule has 0 unspecified atom stereocenters. The van der Waals surface area contributed by atoms with Gasteiger partial charge in [0.1, 0.15) is 17.4 Å². The van der Waals surface area contributed by atoms with Gasteiger partial charge < -0.3 is 24.6 Å². The molecule has 16 heteroatoms. The number of carboxylic acids is 1. The van der Waals surface area contributed by atoms with Crippen LogP contribution < -0.4 is 15.0 Å². The summed E-state index contributed by atoms with van der Waals surface area (Å²) in [6, 6.07) is 9.00. The van der Waals surface area contributed by atoms with Gasteiger partial charge in [0.2, 0.25) is 5.95 Å². The maximum atomic E-state index is 14.9. The van der Waals surface area contributed by atoms with Crippen LogP contribution in [-0.2, 0) is 11.0 Å². The van der Waals surface area contributed by atoms with Gasteiger partial charge in [-0.3, -0.25) is 4.79 Å². The van der Waals surface area contributed by atoms with Crippen LogP contribution in [0.25, 0.3) is 22.2 Å². The number of pyridine rings is 1. The third kappa shape index (κ3) is 6.93. The number of halogens is 6. The van der Waals surface area contributed by atoms with Crippen LogP contribution in [0.15, 0.2) is 55.0 Å². The van der Waals surface area contributed by atoms with Crippen LogP contribution in [0.4, 0.5) is 32.3 Å². The first-order valence-corrected chi connectivity index (χ1v) is 20.2. The van der Waals surface area contributed by atoms with Crippen LogP contribution in [-0.4, -0.2) is 67.4 Å². The Balaban J connectivity index is 1.03. The summed E-state index contributed by atoms with van der Waals surface area (Å²) in [4.78, 5) is 41.5. The van der Waals surface area contributed by atoms with Crippen LogP contribution >= 0.6 is 0 Å². The number of carboxylic acid groups (broad SMARTS) is 1. The number of anilines is 1. The standard InChI is InChI=1S/C42H44F6N6O4/c43-41(44,45)25-2-4-28(5-3-25)54-22-33(31-7-6-30(21-35(31)54)58-29-10-14-53(15-11-29)39-49-12-1-13-50-39)34-9-8-32(36(51-34)42(46,47)48)37(55)52-40(38(56)57)26-17-23-16-24(19-26)20-27(40)18-23/h1,6-9,12-13,21-29H,2-5,10-11,14-20H2,(H,52,55)(H,56,57)/t23?,24?,25-,26?,27?,28+,40?. The van der Waals surface area contributed by atoms with Gasteiger partial charge >= 0.3 is 18.3 Å². The summed E-state index contributed by atoms with van der Waals surface area (Å²) in [7, 11) is 0. The van der Waals surface area contributed by atoms with Gasteiger partial charge in [-0.15, -0.1) is 0 Å². The molecule has 308 valence electrons. The summed E-state index contributed by atoms with van der Waals surface area (Å²) >= 11 is 0. The fraction of sp³-hybridized carbons (Fsp3) is 0.548. The molecular formula is C42H44F6N6O4. The van der Waals surface area contributed by atoms with Gasteiger partial charge in [0.25, 0.3) is 5.91 Å². The number of nitrogens with zero attached hydrogens (tertiary/aromatic N) is 5. The van der Waals surface area contributed by atoms with E-state index < -0.39 is 46.9 Å². The quantitative estimate of drug-likeness (QED) is 0.169. The minimum atomic E-state index is -5.07. The number of hydrogen-bond acceptors (Lipinski definition) is 7. The normalized spacial score (nSPS) is 28.8. The third-order valence-electron chi connectivity index (χ3n) is 13.7. The number of carbonyl (C=O) groups is 2. The zero-order valence-electron chi connectivity index (χ0n) is 31.6. The van der Waals surface area contributed by atoms with Crippen molar-refractivity contribution in [1.82, 2.24) is 24.8 Å². The number of nitrogens with one attached hydrogen (secondary N) is 1. The van der Waals surface area contributed by atoms with Gasteiger partial charge in [-0.2, -0.15) is 26.3 Å². The predicted molar refractivity (Wildman–Crippen MR) is 200 cm³/mol. The highest BCUT2D eigenvalue weighted by atomic mass is 19.4. The number of carbonyl (C=O) groups excluding carboxylic acids is 1. The average molecular weight is 811 g/mol. The van der Waals surface area contributed by atoms with Gasteiger partial charge in [-0.1, -0.05) is 0 Å². The van der Waals surface area contributed by atoms with E-state index in [1.165, 1.54) is 6.07 Å². The number of alkyl halides is 6. The monoisotopic (exact) mass is 810 g/mol. The maximum absolute atomic E-state index is 14.9. The van der Waals surface area contributed by atoms with E-state index in [9.17, 15) is 41.0 Å². The lowest BCUT2D eigenvalue weighted by Gasteiger charge is -2.59. The Morgan fingerprint density at radius 3 is 2.10 bits per heavy atom. The Hall–Kier alpha value is -4.89. The molecule has 1 aromatic carbocycles. The Bertz CT molecular complexity index is 2170. The Morgan fingerprint density at radius 1 is 0.845 bits per heavy atom. The molecule has 5 aliphatic carbocycles. The minimum absolute atomic E-state index is 0.0792. The lowest BCUT2D eigenvalue weighted by atomic mass is 9.48. The zero-order chi connectivity index (χ0) is 40.6. The average Bonchev–Trinajstić information content (AvgIpc) is 3.57. The number of hydrogen-bond donors (Lipinski definition) is 2. The summed E-state index contributed by atoms with van der Waals surface area (Å²) in [5.74, 6) is -2.64. The van der Waals surface area contributed by atoms with E-state index in [-0.39, 0.29) is 55.4 Å². The van der Waals surface area contributed by atoms with Crippen molar-refractivity contribution in [1.29, 1.82) is 0 Å². The molecule has 58 heavy (non-hydrogen) atoms. The van der Waals surface area contributed by atoms with Gasteiger partial charge in [-0.05, 0) is 112 Å². The van der Waals surface area contributed by atoms with Gasteiger partial charge in [0.05, 0.1) is 22.7 Å². The Morgan fingerprint density at radius 2 is 1.50 bits per heavy atom. The SMILES string of the molecule is O=C(NC1(C(=O)O)C2CC3CC(C2)CC1C3)c1ccc(-c2cn([C@H]3CC[C@@H](C(F)(F)F)CC3)c3cc(OC4CCN(c5ncccn5)CC4)ccc23)nc1C(F)(F)F. The van der Waals surface area contributed by atoms with Gasteiger partial charge in [0.15, 0.2) is 5.69 Å². The van der Waals surface area contributed by atoms with Gasteiger partial charge in [-0.25, -0.2) is 19.7 Å². The molecule has 0 spiro atoms. The van der Waals surface area contributed by atoms with Crippen molar-refractivity contribution in [2.45, 2.75) is 101 Å². The van der Waals surface area contributed by atoms with Gasteiger partial charge in [0, 0.05) is 67.6 Å². The molecule has 4 bridgehead atoms. The molecule has 4 aromatic rings. The lowest BCUT2D eigenvalue weighted by molar-refractivity contribution is -0.183. The molecule has 10 rings (SSSR count). The highest BCUT2D eigenvalue weighted by molar-refractivity contribution is 6.00. The number of rotatable bonds is 8. The van der Waals surface area contributed by atoms with E-state index in [2.05, 4.69) is 25.2 Å². The molecule has 10 nitrogen and oxygen atoms in total. The second kappa shape index (κ2) is 14.4. The summed E-state index contributed by atoms with van der Waals surface area (Å²) in [6.07, 6.45) is 0.590. The zero-order valence-corrected chi connectivity index (χ0v) is 31.6. The number of aliphatic carboxylic acids is 1. The van der Waals surface area contributed by atoms with Crippen LogP contribution in [0.3, 0.4) is 0 Å². The second-order valence-corrected chi connectivity index (χ2v) is 17.1. The predicted octanol–water partition coefficient (Wildman–Crippen LogP) is 8.86. The molecule has 4 heterocycles. The lowest BCUT2D eigenvalue weighted by Crippen LogP contribution is -2.70. The van der Waals surface area contributed by atoms with E-state index in [4.69, 9.17) is 4.74 Å². The molecule has 1 aliphatic heterocycles. The summed E-state index contributed by atoms with van der Waals surface area (Å²) < 4.78 is 93.8. The molecule has 6 aliphatic rings. The smallest absolute Gasteiger partial charge is 0.434 e. The van der Waals surface area contributed by atoms with Crippen molar-refractivity contribution >= 4 is 28.7 Å². The summed E-state index contributed by atoms with van der Waals surface area (Å²) in [5, 5.41) is 13.7. The van der Waals surface area contributed by atoms with Crippen molar-refractivity contribution in [3.63, 3.8) is 0 Å². The van der Waals surface area contributed by atoms with Crippen LogP contribution in [0.2, 0.25) is 0 Å². The second-order valence-electron chi connectivity index (χ2n) is 17.1. The first-order valence-electron chi connectivity index (χ1n) is 20.2. The van der Waals surface area contributed by atoms with Crippen molar-refractivity contribution in [3.8, 4) is 17.0 Å². The van der Waals surface area contributed by atoms with E-state index in [0.29, 0.717) is 91.6 Å². The third-order valence-corrected chi connectivity index (χ3v) is 13.7. The first-order chi connectivity index (χ1) is 27.7. The fourth-order valence-electron chi connectivity index (χ4n) is 11.1. The molecule has 5 saturated carbocycles. The highest BCUT2D eigenvalue weighted by Crippen LogP contribution is 2.58. The minimum Gasteiger partial charge on any atom is -0.490 e. The molecule has 0 atom stereocenters. The molecule has 1 amide bonds. The van der Waals surface area contributed by atoms with Crippen LogP contribution in [0.1, 0.15) is 92.7 Å². The van der Waals surface area contributed by atoms with Crippen molar-refractivity contribution in [3.05, 3.63) is 66.2 Å². The number of ether oxygens (including phenoxy) is 1. The largest absolute Gasteiger partial charge is 0.490 e. The number of benzene rings is 1. The van der Waals surface area contributed by atoms with Crippen molar-refractivity contribution in [2.24, 2.45) is 29.6 Å². The molecule has 0 radical (unpaired) electrons. The van der Waals surface area contributed by atoms with E-state index in [0.717, 1.165) is 12.5 Å². The van der Waals surface area contributed by atoms with E-state index >= 15 is 0 Å². The number of fused-ring (bicyclic) bond motifs is 1. The topological polar surface area (TPSA) is 122 Å². The number of piperidine rings is 1. The van der Waals surface area contributed by atoms with Crippen molar-refractivity contribution < 1.29 is 45.8 Å². The van der Waals surface area contributed by atoms with Crippen molar-refractivity contribution in [2.75, 3.05) is 18.0 Å². The summed E-state index contributed by atoms with van der Waals surface area (Å²) in [5.41, 5.74) is -3.04. The number of amides is 1. The summed E-state index contributed by atoms with van der Waals surface area (Å²) in [6.45, 7) is 1.33. The van der Waals surface area contributed by atoms with E-state index in [1.807, 2.05) is 4.57 Å². The first kappa shape index (κ1) is 38.6. The molecule has 3 aromatic heterocycles. The molecule has 6 fully saturated rings. The number of aromatic nitrogens is 4. The Labute approximate surface area is 330 Å². The van der Waals surface area contributed by atoms with Crippen LogP contribution in [0, 0.1) is 29.6 Å². The highest BCUT2D eigenvalue weighted by Gasteiger charge is 2.62. The Kier molecular flexibility index (Phi) is 9.61. The molecular weight excluding hydrogens is 766 g/mol.